The lowest BCUT2D eigenvalue weighted by Crippen LogP contribution is -2.71. The van der Waals surface area contributed by atoms with Crippen LogP contribution in [0.15, 0.2) is 95.5 Å². The number of thiazole rings is 1. The van der Waals surface area contributed by atoms with Crippen molar-refractivity contribution >= 4 is 100 Å². The first kappa shape index (κ1) is 51.7. The van der Waals surface area contributed by atoms with Gasteiger partial charge >= 0.3 is 26.1 Å². The highest BCUT2D eigenvalue weighted by Crippen LogP contribution is 2.41. The first-order chi connectivity index (χ1) is 34.0. The van der Waals surface area contributed by atoms with Crippen molar-refractivity contribution in [3.63, 3.8) is 0 Å². The van der Waals surface area contributed by atoms with Gasteiger partial charge < -0.3 is 38.3 Å². The van der Waals surface area contributed by atoms with E-state index in [0.717, 1.165) is 22.4 Å². The van der Waals surface area contributed by atoms with Crippen molar-refractivity contribution in [2.75, 3.05) is 25.3 Å². The summed E-state index contributed by atoms with van der Waals surface area (Å²) in [6.07, 6.45) is 1.31. The molecule has 2 aliphatic rings. The van der Waals surface area contributed by atoms with Crippen molar-refractivity contribution in [2.24, 2.45) is 5.16 Å². The van der Waals surface area contributed by atoms with E-state index in [1.807, 2.05) is 35.0 Å². The van der Waals surface area contributed by atoms with Crippen LogP contribution in [0.4, 0.5) is 9.93 Å². The van der Waals surface area contributed by atoms with Crippen LogP contribution in [0.2, 0.25) is 4.34 Å². The summed E-state index contributed by atoms with van der Waals surface area (Å²) in [7, 11) is 8.12. The number of fused-ring (bicyclic) bond motifs is 2. The Bertz CT molecular complexity index is 2890. The van der Waals surface area contributed by atoms with Crippen LogP contribution in [-0.2, 0) is 74.1 Å². The molecule has 3 aromatic heterocycles. The molecule has 71 heavy (non-hydrogen) atoms. The lowest BCUT2D eigenvalue weighted by Gasteiger charge is -2.49. The molecule has 5 heterocycles. The first-order valence-electron chi connectivity index (χ1n) is 21.6. The Balaban J connectivity index is 1.12. The van der Waals surface area contributed by atoms with E-state index in [1.54, 1.807) is 81.1 Å². The number of pyridine rings is 1. The highest BCUT2D eigenvalue weighted by molar-refractivity contribution is 8.00. The zero-order chi connectivity index (χ0) is 51.0. The van der Waals surface area contributed by atoms with Gasteiger partial charge in [-0.2, -0.15) is 4.57 Å². The number of hydrogen-bond donors (Lipinski definition) is 3. The van der Waals surface area contributed by atoms with Crippen LogP contribution >= 0.6 is 34.7 Å². The molecule has 0 aliphatic carbocycles. The minimum Gasteiger partial charge on any atom is -0.541 e. The number of esters is 1. The Morgan fingerprint density at radius 2 is 1.66 bits per heavy atom. The first-order valence-corrected chi connectivity index (χ1v) is 23.8. The highest BCUT2D eigenvalue weighted by Gasteiger charge is 2.55. The topological polar surface area (TPSA) is 240 Å². The van der Waals surface area contributed by atoms with E-state index in [0.29, 0.717) is 28.2 Å². The molecule has 2 radical (unpaired) electrons. The van der Waals surface area contributed by atoms with Gasteiger partial charge in [-0.05, 0) is 69.2 Å². The van der Waals surface area contributed by atoms with Crippen molar-refractivity contribution in [1.82, 2.24) is 25.2 Å². The van der Waals surface area contributed by atoms with Gasteiger partial charge in [-0.3, -0.25) is 29.4 Å². The van der Waals surface area contributed by atoms with Crippen LogP contribution in [0.25, 0.3) is 11.0 Å². The number of benzene rings is 2. The van der Waals surface area contributed by atoms with Crippen LogP contribution in [0, 0.1) is 0 Å². The second kappa shape index (κ2) is 22.7. The fraction of sp³-hybridized carbons (Fsp3) is 0.326. The number of aromatic nitrogens is 3. The van der Waals surface area contributed by atoms with Crippen molar-refractivity contribution in [1.29, 1.82) is 0 Å². The Kier molecular flexibility index (Phi) is 16.6. The van der Waals surface area contributed by atoms with Gasteiger partial charge in [0, 0.05) is 29.7 Å². The second-order valence-corrected chi connectivity index (χ2v) is 19.3. The summed E-state index contributed by atoms with van der Waals surface area (Å²) in [5, 5.41) is 8.08. The van der Waals surface area contributed by atoms with E-state index >= 15 is 0 Å². The fourth-order valence-corrected chi connectivity index (χ4v) is 9.47. The van der Waals surface area contributed by atoms with E-state index in [-0.39, 0.29) is 52.9 Å². The largest absolute Gasteiger partial charge is 0.541 e. The lowest BCUT2D eigenvalue weighted by atomic mass is 10.0. The summed E-state index contributed by atoms with van der Waals surface area (Å²) in [6, 6.07) is 18.4. The number of halogens is 1. The third-order valence-electron chi connectivity index (χ3n) is 10.5. The zero-order valence-corrected chi connectivity index (χ0v) is 41.5. The van der Waals surface area contributed by atoms with Gasteiger partial charge in [0.1, 0.15) is 62.9 Å². The van der Waals surface area contributed by atoms with Gasteiger partial charge in [0.2, 0.25) is 11.6 Å². The maximum Gasteiger partial charge on any atom is 0.413 e. The number of nitrogens with one attached hydrogen (secondary N) is 3. The number of carbonyl (C=O) groups is 6. The molecule has 0 saturated carbocycles. The normalized spacial score (nSPS) is 16.0. The Morgan fingerprint density at radius 1 is 0.986 bits per heavy atom. The monoisotopic (exact) mass is 1030 g/mol. The van der Waals surface area contributed by atoms with Crippen molar-refractivity contribution in [2.45, 2.75) is 77.1 Å². The number of hydrogen-bond acceptors (Lipinski definition) is 17. The van der Waals surface area contributed by atoms with Crippen LogP contribution in [0.5, 0.6) is 11.5 Å². The molecule has 370 valence electrons. The molecule has 2 unspecified atom stereocenters. The molecule has 7 rings (SSSR count). The molecule has 3 atom stereocenters. The Morgan fingerprint density at radius 3 is 2.31 bits per heavy atom. The van der Waals surface area contributed by atoms with Gasteiger partial charge in [-0.25, -0.2) is 24.8 Å². The number of nitrogens with zero attached hydrogens (tertiary/aromatic N) is 5. The average Bonchev–Trinajstić information content (AvgIpc) is 3.93. The van der Waals surface area contributed by atoms with Crippen LogP contribution in [0.3, 0.4) is 0 Å². The molecule has 4 amide bonds. The summed E-state index contributed by atoms with van der Waals surface area (Å²) in [4.78, 5) is 96.5. The summed E-state index contributed by atoms with van der Waals surface area (Å²) in [6.45, 7) is 6.33. The summed E-state index contributed by atoms with van der Waals surface area (Å²) in [5.74, 6) is -2.34. The molecule has 2 aliphatic heterocycles. The molecule has 2 aromatic carbocycles. The number of carbonyl (C=O) groups excluding carboxylic acids is 6. The number of thioether (sulfide) groups is 1. The van der Waals surface area contributed by atoms with Gasteiger partial charge in [-0.15, -0.1) is 11.8 Å². The standard InChI is InChI=1S/C46H46BClN8O13S2/c1-25(42(60)68-47)69-53-35(34-38(48)71-44(50-34)51-45(62)67-46(2,3)4)39(58)49-36-40(59)56-37(43(61)65-22-26-9-13-29(63-5)14-10-26)28(24-70-41(36)56)20-54-18-7-8-31-32(54)17-19-55(31)21-33(57)52-66-23-27-11-15-30(64-6)16-12-27/h7-19,25,36,41H,20-24H2,1-6H3,(H2-,49,50,51,52,57,58,62)/p+1/b53-35-/t25-,36?,41?/m0/s1. The SMILES string of the molecule is [B]OC(=O)[C@H](C)O/N=C(\C(=O)NC1C(=O)N2C(C(=O)OCc3ccc(OC)cc3)=C(C[n+]3cccc4c3ccn4CC(=O)NOCc3ccc(OC)cc3)CSC12)c1nc(NC(=O)OC(C)(C)C)sc1Cl. The third kappa shape index (κ3) is 12.6. The quantitative estimate of drug-likeness (QED) is 0.0258. The fourth-order valence-electron chi connectivity index (χ4n) is 7.10. The molecule has 5 aromatic rings. The number of amides is 4. The van der Waals surface area contributed by atoms with E-state index in [2.05, 4.69) is 30.9 Å². The smallest absolute Gasteiger partial charge is 0.413 e. The van der Waals surface area contributed by atoms with Gasteiger partial charge in [0.25, 0.3) is 17.7 Å². The van der Waals surface area contributed by atoms with E-state index in [9.17, 15) is 28.8 Å². The summed E-state index contributed by atoms with van der Waals surface area (Å²) >= 11 is 8.58. The molecular formula is C46H47BClN8O13S2+. The summed E-state index contributed by atoms with van der Waals surface area (Å²) < 4.78 is 29.3. The number of β-lactam (4-membered cyclic amide) rings is 1. The molecule has 3 N–H and O–H groups in total. The van der Waals surface area contributed by atoms with E-state index < -0.39 is 64.6 Å². The van der Waals surface area contributed by atoms with E-state index in [1.165, 1.54) is 30.7 Å². The molecule has 0 spiro atoms. The van der Waals surface area contributed by atoms with Crippen LogP contribution in [-0.4, -0.2) is 107 Å². The van der Waals surface area contributed by atoms with Gasteiger partial charge in [0.05, 0.1) is 20.8 Å². The molecular weight excluding hydrogens is 983 g/mol. The minimum absolute atomic E-state index is 0.0122. The van der Waals surface area contributed by atoms with Crippen molar-refractivity contribution in [3.8, 4) is 11.5 Å². The predicted molar refractivity (Wildman–Crippen MR) is 259 cm³/mol. The number of rotatable bonds is 19. The summed E-state index contributed by atoms with van der Waals surface area (Å²) in [5.41, 5.74) is 4.24. The molecule has 0 bridgehead atoms. The maximum atomic E-state index is 14.3. The highest BCUT2D eigenvalue weighted by atomic mass is 35.5. The van der Waals surface area contributed by atoms with Crippen molar-refractivity contribution < 1.29 is 66.6 Å². The average molecular weight is 1030 g/mol. The Labute approximate surface area is 421 Å². The number of hydroxylamine groups is 1. The number of oxime groups is 1. The minimum atomic E-state index is -1.40. The maximum absolute atomic E-state index is 14.3. The third-order valence-corrected chi connectivity index (χ3v) is 13.0. The van der Waals surface area contributed by atoms with Crippen LogP contribution in [0.1, 0.15) is 44.5 Å². The van der Waals surface area contributed by atoms with Crippen LogP contribution < -0.4 is 30.2 Å². The lowest BCUT2D eigenvalue weighted by molar-refractivity contribution is -0.663. The Hall–Kier alpha value is -7.15. The van der Waals surface area contributed by atoms with E-state index in [4.69, 9.17) is 48.3 Å². The van der Waals surface area contributed by atoms with Gasteiger partial charge in [-0.1, -0.05) is 52.4 Å². The molecule has 25 heteroatoms. The number of ether oxygens (including phenoxy) is 4. The predicted octanol–water partition coefficient (Wildman–Crippen LogP) is 4.48. The van der Waals surface area contributed by atoms with Gasteiger partial charge in [0.15, 0.2) is 23.6 Å². The number of anilines is 1. The molecule has 1 fully saturated rings. The molecule has 1 saturated heterocycles. The zero-order valence-electron chi connectivity index (χ0n) is 39.1. The number of methoxy groups -OCH3 is 2. The second-order valence-electron chi connectivity index (χ2n) is 16.6. The molecule has 21 nitrogen and oxygen atoms in total. The van der Waals surface area contributed by atoms with Crippen molar-refractivity contribution in [3.05, 3.63) is 112 Å².